The number of fused-ring (bicyclic) bond motifs is 3. The van der Waals surface area contributed by atoms with E-state index in [0.717, 1.165) is 12.8 Å². The lowest BCUT2D eigenvalue weighted by Crippen LogP contribution is -1.94. The van der Waals surface area contributed by atoms with E-state index in [1.54, 1.807) is 0 Å². The zero-order chi connectivity index (χ0) is 15.1. The van der Waals surface area contributed by atoms with Gasteiger partial charge in [0.05, 0.1) is 0 Å². The van der Waals surface area contributed by atoms with Crippen molar-refractivity contribution in [1.29, 1.82) is 0 Å². The minimum atomic E-state index is 1.07. The third-order valence-corrected chi connectivity index (χ3v) is 4.82. The van der Waals surface area contributed by atoms with E-state index in [4.69, 9.17) is 0 Å². The molecule has 0 unspecified atom stereocenters. The Balaban J connectivity index is 2.30. The van der Waals surface area contributed by atoms with Gasteiger partial charge in [-0.2, -0.15) is 0 Å². The fourth-order valence-corrected chi connectivity index (χ4v) is 3.80. The van der Waals surface area contributed by atoms with E-state index in [1.807, 2.05) is 0 Å². The predicted molar refractivity (Wildman–Crippen MR) is 97.7 cm³/mol. The van der Waals surface area contributed by atoms with Gasteiger partial charge in [0.25, 0.3) is 0 Å². The molecule has 0 aliphatic rings. The zero-order valence-electron chi connectivity index (χ0n) is 13.2. The van der Waals surface area contributed by atoms with Gasteiger partial charge >= 0.3 is 0 Å². The molecule has 0 aromatic heterocycles. The molecular weight excluding hydrogens is 264 g/mol. The highest BCUT2D eigenvalue weighted by atomic mass is 14.2. The first-order chi connectivity index (χ1) is 10.8. The highest BCUT2D eigenvalue weighted by Gasteiger charge is 2.12. The maximum absolute atomic E-state index is 2.38. The summed E-state index contributed by atoms with van der Waals surface area (Å²) in [5.41, 5.74) is 2.96. The number of aryl methyl sites for hydroxylation is 2. The summed E-state index contributed by atoms with van der Waals surface area (Å²) in [6, 6.07) is 22.3. The second kappa shape index (κ2) is 5.14. The molecule has 0 saturated carbocycles. The monoisotopic (exact) mass is 284 g/mol. The molecule has 0 spiro atoms. The SMILES string of the molecule is CCc1c2ccccc2c(CC)c2cc3ccccc3cc12. The van der Waals surface area contributed by atoms with Gasteiger partial charge in [0, 0.05) is 0 Å². The highest BCUT2D eigenvalue weighted by Crippen LogP contribution is 2.35. The Kier molecular flexibility index (Phi) is 3.11. The molecule has 0 heteroatoms. The smallest absolute Gasteiger partial charge is 0.0136 e. The molecule has 0 radical (unpaired) electrons. The van der Waals surface area contributed by atoms with Crippen molar-refractivity contribution >= 4 is 32.3 Å². The molecule has 0 heterocycles. The van der Waals surface area contributed by atoms with Crippen LogP contribution >= 0.6 is 0 Å². The van der Waals surface area contributed by atoms with Crippen LogP contribution in [-0.4, -0.2) is 0 Å². The molecule has 0 atom stereocenters. The lowest BCUT2D eigenvalue weighted by atomic mass is 9.88. The van der Waals surface area contributed by atoms with Crippen molar-refractivity contribution in [2.24, 2.45) is 0 Å². The van der Waals surface area contributed by atoms with Crippen molar-refractivity contribution < 1.29 is 0 Å². The molecule has 0 N–H and O–H groups in total. The maximum atomic E-state index is 2.38. The molecule has 0 nitrogen and oxygen atoms in total. The first kappa shape index (κ1) is 13.3. The Bertz CT molecular complexity index is 911. The number of rotatable bonds is 2. The highest BCUT2D eigenvalue weighted by molar-refractivity contribution is 6.10. The molecule has 4 aromatic rings. The normalized spacial score (nSPS) is 11.5. The minimum absolute atomic E-state index is 1.07. The standard InChI is InChI=1S/C22H20/c1-3-17-19-11-7-8-12-20(19)18(4-2)22-14-16-10-6-5-9-15(16)13-21(17)22/h5-14H,3-4H2,1-2H3. The fraction of sp³-hybridized carbons (Fsp3) is 0.182. The largest absolute Gasteiger partial charge is 0.0616 e. The van der Waals surface area contributed by atoms with E-state index in [-0.39, 0.29) is 0 Å². The fourth-order valence-electron chi connectivity index (χ4n) is 3.80. The van der Waals surface area contributed by atoms with Crippen LogP contribution in [0.1, 0.15) is 25.0 Å². The van der Waals surface area contributed by atoms with Gasteiger partial charge in [-0.3, -0.25) is 0 Å². The number of benzene rings is 4. The lowest BCUT2D eigenvalue weighted by molar-refractivity contribution is 1.15. The van der Waals surface area contributed by atoms with Gasteiger partial charge in [0.1, 0.15) is 0 Å². The minimum Gasteiger partial charge on any atom is -0.0616 e. The van der Waals surface area contributed by atoms with Crippen LogP contribution in [0.4, 0.5) is 0 Å². The van der Waals surface area contributed by atoms with Crippen molar-refractivity contribution in [1.82, 2.24) is 0 Å². The summed E-state index contributed by atoms with van der Waals surface area (Å²) in [7, 11) is 0. The van der Waals surface area contributed by atoms with Crippen molar-refractivity contribution in [3.05, 3.63) is 71.8 Å². The van der Waals surface area contributed by atoms with E-state index in [9.17, 15) is 0 Å². The van der Waals surface area contributed by atoms with Crippen molar-refractivity contribution in [3.63, 3.8) is 0 Å². The predicted octanol–water partition coefficient (Wildman–Crippen LogP) is 6.27. The van der Waals surface area contributed by atoms with Gasteiger partial charge < -0.3 is 0 Å². The summed E-state index contributed by atoms with van der Waals surface area (Å²) < 4.78 is 0. The molecular formula is C22H20. The van der Waals surface area contributed by atoms with Gasteiger partial charge in [-0.15, -0.1) is 0 Å². The molecule has 4 rings (SSSR count). The molecule has 4 aromatic carbocycles. The van der Waals surface area contributed by atoms with Crippen molar-refractivity contribution in [3.8, 4) is 0 Å². The van der Waals surface area contributed by atoms with Crippen LogP contribution in [0.15, 0.2) is 60.7 Å². The van der Waals surface area contributed by atoms with Crippen LogP contribution in [0, 0.1) is 0 Å². The molecule has 0 bridgehead atoms. The van der Waals surface area contributed by atoms with E-state index < -0.39 is 0 Å². The Morgan fingerprint density at radius 2 is 0.955 bits per heavy atom. The van der Waals surface area contributed by atoms with E-state index in [2.05, 4.69) is 74.5 Å². The Morgan fingerprint density at radius 1 is 0.545 bits per heavy atom. The summed E-state index contributed by atoms with van der Waals surface area (Å²) in [5.74, 6) is 0. The number of hydrogen-bond acceptors (Lipinski definition) is 0. The van der Waals surface area contributed by atoms with Gasteiger partial charge in [-0.05, 0) is 68.4 Å². The second-order valence-corrected chi connectivity index (χ2v) is 5.95. The molecule has 0 saturated heterocycles. The Labute approximate surface area is 131 Å². The summed E-state index contributed by atoms with van der Waals surface area (Å²) in [4.78, 5) is 0. The zero-order valence-corrected chi connectivity index (χ0v) is 13.2. The van der Waals surface area contributed by atoms with E-state index in [1.165, 1.54) is 43.4 Å². The van der Waals surface area contributed by atoms with Crippen molar-refractivity contribution in [2.75, 3.05) is 0 Å². The molecule has 108 valence electrons. The summed E-state index contributed by atoms with van der Waals surface area (Å²) in [6.45, 7) is 4.53. The maximum Gasteiger partial charge on any atom is -0.0136 e. The van der Waals surface area contributed by atoms with E-state index >= 15 is 0 Å². The molecule has 0 amide bonds. The second-order valence-electron chi connectivity index (χ2n) is 5.95. The summed E-state index contributed by atoms with van der Waals surface area (Å²) in [6.07, 6.45) is 2.14. The quantitative estimate of drug-likeness (QED) is 0.380. The summed E-state index contributed by atoms with van der Waals surface area (Å²) in [5, 5.41) is 8.37. The average Bonchev–Trinajstić information content (AvgIpc) is 2.58. The van der Waals surface area contributed by atoms with Crippen LogP contribution in [-0.2, 0) is 12.8 Å². The van der Waals surface area contributed by atoms with Gasteiger partial charge in [-0.1, -0.05) is 62.4 Å². The topological polar surface area (TPSA) is 0 Å². The van der Waals surface area contributed by atoms with Crippen LogP contribution < -0.4 is 0 Å². The number of hydrogen-bond donors (Lipinski definition) is 0. The first-order valence-electron chi connectivity index (χ1n) is 8.18. The first-order valence-corrected chi connectivity index (χ1v) is 8.18. The van der Waals surface area contributed by atoms with Crippen LogP contribution in [0.3, 0.4) is 0 Å². The Hall–Kier alpha value is -2.34. The van der Waals surface area contributed by atoms with Crippen LogP contribution in [0.25, 0.3) is 32.3 Å². The average molecular weight is 284 g/mol. The Morgan fingerprint density at radius 3 is 1.36 bits per heavy atom. The van der Waals surface area contributed by atoms with Crippen LogP contribution in [0.2, 0.25) is 0 Å². The molecule has 22 heavy (non-hydrogen) atoms. The van der Waals surface area contributed by atoms with Gasteiger partial charge in [0.2, 0.25) is 0 Å². The van der Waals surface area contributed by atoms with Crippen LogP contribution in [0.5, 0.6) is 0 Å². The molecule has 0 fully saturated rings. The lowest BCUT2D eigenvalue weighted by Gasteiger charge is -2.16. The third-order valence-electron chi connectivity index (χ3n) is 4.82. The summed E-state index contributed by atoms with van der Waals surface area (Å²) >= 11 is 0. The van der Waals surface area contributed by atoms with Crippen molar-refractivity contribution in [2.45, 2.75) is 26.7 Å². The molecule has 0 aliphatic heterocycles. The van der Waals surface area contributed by atoms with Gasteiger partial charge in [-0.25, -0.2) is 0 Å². The third kappa shape index (κ3) is 1.84. The van der Waals surface area contributed by atoms with E-state index in [0.29, 0.717) is 0 Å². The van der Waals surface area contributed by atoms with Gasteiger partial charge in [0.15, 0.2) is 0 Å². The molecule has 0 aliphatic carbocycles.